The molecule has 2 bridgehead atoms. The van der Waals surface area contributed by atoms with Crippen LogP contribution in [0, 0.1) is 23.2 Å². The Hall–Kier alpha value is -0.660. The molecular weight excluding hydrogens is 332 g/mol. The van der Waals surface area contributed by atoms with Gasteiger partial charge >= 0.3 is 5.97 Å². The average molecular weight is 363 g/mol. The standard InChI is InChI=1S/C16H28O3.CH4O3S/c1-4-5-6-8-16-9-7-12(11(16)2)10-13(17)14(16)15(18)19-3;1-5(2,3)4/h11-14,17H,4-10H2,1-3H3;1H3,(H,2,3,4)/p-1/t11-,12+,13-,14?,16?;/m0./s1. The molecule has 0 aromatic carbocycles. The third-order valence-electron chi connectivity index (χ3n) is 5.84. The van der Waals surface area contributed by atoms with Gasteiger partial charge in [-0.3, -0.25) is 4.79 Å². The molecule has 24 heavy (non-hydrogen) atoms. The molecule has 0 amide bonds. The molecule has 0 aromatic heterocycles. The largest absolute Gasteiger partial charge is 0.748 e. The number of hydrogen-bond acceptors (Lipinski definition) is 6. The molecule has 0 heterocycles. The van der Waals surface area contributed by atoms with Gasteiger partial charge in [-0.1, -0.05) is 33.1 Å². The number of carbonyl (C=O) groups is 1. The quantitative estimate of drug-likeness (QED) is 0.457. The molecule has 1 N–H and O–H groups in total. The number of aliphatic hydroxyl groups excluding tert-OH is 1. The highest BCUT2D eigenvalue weighted by Crippen LogP contribution is 2.60. The van der Waals surface area contributed by atoms with Gasteiger partial charge in [-0.25, -0.2) is 8.42 Å². The second-order valence-corrected chi connectivity index (χ2v) is 8.69. The van der Waals surface area contributed by atoms with E-state index in [2.05, 4.69) is 13.8 Å². The Balaban J connectivity index is 0.000000505. The Labute approximate surface area is 145 Å². The summed E-state index contributed by atoms with van der Waals surface area (Å²) in [7, 11) is -2.47. The van der Waals surface area contributed by atoms with Crippen molar-refractivity contribution >= 4 is 16.1 Å². The van der Waals surface area contributed by atoms with Crippen LogP contribution in [-0.4, -0.2) is 43.5 Å². The van der Waals surface area contributed by atoms with E-state index in [1.807, 2.05) is 0 Å². The van der Waals surface area contributed by atoms with Crippen LogP contribution in [0.1, 0.15) is 58.8 Å². The molecule has 6 nitrogen and oxygen atoms in total. The van der Waals surface area contributed by atoms with Crippen LogP contribution < -0.4 is 0 Å². The van der Waals surface area contributed by atoms with E-state index in [4.69, 9.17) is 17.7 Å². The minimum absolute atomic E-state index is 0.00933. The first kappa shape index (κ1) is 21.4. The smallest absolute Gasteiger partial charge is 0.311 e. The van der Waals surface area contributed by atoms with Crippen molar-refractivity contribution in [2.45, 2.75) is 64.9 Å². The Morgan fingerprint density at radius 3 is 2.46 bits per heavy atom. The fraction of sp³-hybridized carbons (Fsp3) is 0.941. The highest BCUT2D eigenvalue weighted by molar-refractivity contribution is 7.84. The van der Waals surface area contributed by atoms with E-state index in [0.717, 1.165) is 32.1 Å². The Bertz CT molecular complexity index is 509. The van der Waals surface area contributed by atoms with E-state index in [1.54, 1.807) is 0 Å². The second-order valence-electron chi connectivity index (χ2n) is 7.29. The predicted octanol–water partition coefficient (Wildman–Crippen LogP) is 2.31. The number of fused-ring (bicyclic) bond motifs is 2. The average Bonchev–Trinajstić information content (AvgIpc) is 2.67. The van der Waals surface area contributed by atoms with Gasteiger partial charge in [-0.2, -0.15) is 0 Å². The Kier molecular flexibility index (Phi) is 7.69. The molecule has 2 aliphatic rings. The molecule has 2 saturated carbocycles. The summed E-state index contributed by atoms with van der Waals surface area (Å²) in [6.07, 6.45) is 7.75. The van der Waals surface area contributed by atoms with E-state index in [1.165, 1.54) is 20.0 Å². The molecule has 7 heteroatoms. The SMILES string of the molecule is CCCCCC12CC[C@H](C[C@H](O)C1C(=O)OC)[C@@H]2C.CS(=O)(=O)[O-]. The monoisotopic (exact) mass is 363 g/mol. The lowest BCUT2D eigenvalue weighted by molar-refractivity contribution is -0.164. The highest BCUT2D eigenvalue weighted by Gasteiger charge is 2.59. The van der Waals surface area contributed by atoms with Crippen molar-refractivity contribution in [3.63, 3.8) is 0 Å². The van der Waals surface area contributed by atoms with Crippen LogP contribution in [0.25, 0.3) is 0 Å². The van der Waals surface area contributed by atoms with E-state index in [0.29, 0.717) is 18.1 Å². The van der Waals surface area contributed by atoms with Gasteiger partial charge in [0.2, 0.25) is 0 Å². The molecular formula is C17H31O6S-. The minimum atomic E-state index is -3.92. The van der Waals surface area contributed by atoms with Crippen molar-refractivity contribution in [1.82, 2.24) is 0 Å². The maximum atomic E-state index is 12.2. The van der Waals surface area contributed by atoms with Gasteiger partial charge in [-0.15, -0.1) is 0 Å². The fourth-order valence-electron chi connectivity index (χ4n) is 4.72. The fourth-order valence-corrected chi connectivity index (χ4v) is 4.72. The van der Waals surface area contributed by atoms with Crippen molar-refractivity contribution in [1.29, 1.82) is 0 Å². The molecule has 2 unspecified atom stereocenters. The lowest BCUT2D eigenvalue weighted by atomic mass is 9.58. The molecule has 0 aromatic rings. The lowest BCUT2D eigenvalue weighted by Crippen LogP contribution is -2.50. The summed E-state index contributed by atoms with van der Waals surface area (Å²) in [6.45, 7) is 4.48. The first-order valence-corrected chi connectivity index (χ1v) is 10.5. The van der Waals surface area contributed by atoms with Crippen LogP contribution in [-0.2, 0) is 19.6 Å². The van der Waals surface area contributed by atoms with Crippen LogP contribution >= 0.6 is 0 Å². The summed E-state index contributed by atoms with van der Waals surface area (Å²) in [5.41, 5.74) is -0.00933. The number of rotatable bonds is 5. The summed E-state index contributed by atoms with van der Waals surface area (Å²) in [4.78, 5) is 12.2. The zero-order valence-electron chi connectivity index (χ0n) is 15.2. The van der Waals surface area contributed by atoms with Gasteiger partial charge in [0, 0.05) is 6.26 Å². The predicted molar refractivity (Wildman–Crippen MR) is 90.2 cm³/mol. The van der Waals surface area contributed by atoms with Crippen LogP contribution in [0.3, 0.4) is 0 Å². The van der Waals surface area contributed by atoms with Gasteiger partial charge in [0.1, 0.15) is 0 Å². The molecule has 2 rings (SSSR count). The summed E-state index contributed by atoms with van der Waals surface area (Å²) in [5.74, 6) is 0.633. The molecule has 2 aliphatic carbocycles. The first-order valence-electron chi connectivity index (χ1n) is 8.73. The third-order valence-corrected chi connectivity index (χ3v) is 5.84. The number of esters is 1. The Morgan fingerprint density at radius 2 is 1.96 bits per heavy atom. The summed E-state index contributed by atoms with van der Waals surface area (Å²) in [5, 5.41) is 10.4. The van der Waals surface area contributed by atoms with Gasteiger partial charge in [-0.05, 0) is 42.9 Å². The zero-order valence-corrected chi connectivity index (χ0v) is 16.0. The van der Waals surface area contributed by atoms with Gasteiger partial charge < -0.3 is 14.4 Å². The van der Waals surface area contributed by atoms with Crippen LogP contribution in [0.4, 0.5) is 0 Å². The lowest BCUT2D eigenvalue weighted by Gasteiger charge is -2.47. The van der Waals surface area contributed by atoms with Crippen molar-refractivity contribution in [2.75, 3.05) is 13.4 Å². The topological polar surface area (TPSA) is 104 Å². The molecule has 0 spiro atoms. The first-order chi connectivity index (χ1) is 11.1. The number of ether oxygens (including phenoxy) is 1. The highest BCUT2D eigenvalue weighted by atomic mass is 32.2. The van der Waals surface area contributed by atoms with E-state index >= 15 is 0 Å². The number of aliphatic hydroxyl groups is 1. The van der Waals surface area contributed by atoms with Gasteiger partial charge in [0.15, 0.2) is 0 Å². The summed E-state index contributed by atoms with van der Waals surface area (Å²) in [6, 6.07) is 0. The molecule has 2 fully saturated rings. The van der Waals surface area contributed by atoms with Crippen LogP contribution in [0.15, 0.2) is 0 Å². The molecule has 5 atom stereocenters. The van der Waals surface area contributed by atoms with E-state index < -0.39 is 16.2 Å². The number of unbranched alkanes of at least 4 members (excludes halogenated alkanes) is 2. The Morgan fingerprint density at radius 1 is 1.38 bits per heavy atom. The number of carbonyl (C=O) groups excluding carboxylic acids is 1. The van der Waals surface area contributed by atoms with E-state index in [9.17, 15) is 9.90 Å². The summed E-state index contributed by atoms with van der Waals surface area (Å²) < 4.78 is 32.2. The van der Waals surface area contributed by atoms with E-state index in [-0.39, 0.29) is 17.3 Å². The normalized spacial score (nSPS) is 35.1. The van der Waals surface area contributed by atoms with Crippen LogP contribution in [0.2, 0.25) is 0 Å². The van der Waals surface area contributed by atoms with Gasteiger partial charge in [0.25, 0.3) is 0 Å². The zero-order chi connectivity index (χ0) is 18.5. The summed E-state index contributed by atoms with van der Waals surface area (Å²) >= 11 is 0. The molecule has 142 valence electrons. The van der Waals surface area contributed by atoms with Crippen molar-refractivity contribution in [2.24, 2.45) is 23.2 Å². The van der Waals surface area contributed by atoms with Crippen LogP contribution in [0.5, 0.6) is 0 Å². The van der Waals surface area contributed by atoms with Gasteiger partial charge in [0.05, 0.1) is 29.2 Å². The second kappa shape index (κ2) is 8.63. The molecule has 0 radical (unpaired) electrons. The molecule has 0 saturated heterocycles. The maximum absolute atomic E-state index is 12.2. The van der Waals surface area contributed by atoms with Crippen molar-refractivity contribution in [3.8, 4) is 0 Å². The third kappa shape index (κ3) is 5.17. The molecule has 0 aliphatic heterocycles. The number of hydrogen-bond donors (Lipinski definition) is 1. The van der Waals surface area contributed by atoms with Crippen molar-refractivity contribution in [3.05, 3.63) is 0 Å². The maximum Gasteiger partial charge on any atom is 0.311 e. The minimum Gasteiger partial charge on any atom is -0.748 e. The van der Waals surface area contributed by atoms with Crippen molar-refractivity contribution < 1.29 is 27.6 Å². The number of methoxy groups -OCH3 is 1.